The van der Waals surface area contributed by atoms with E-state index < -0.39 is 29.5 Å². The van der Waals surface area contributed by atoms with Crippen LogP contribution in [0.5, 0.6) is 0 Å². The predicted octanol–water partition coefficient (Wildman–Crippen LogP) is 6.26. The number of hydrogen-bond acceptors (Lipinski definition) is 9. The SMILES string of the molecule is Cc1cccc2ccnc(N(C(=O)c3ccc(Nc4ncnc(N5CCCC5)n4)cc3F)[C@@H]3CCCN(C(=O)OC(C)(C)C)C3)c12. The van der Waals surface area contributed by atoms with Crippen molar-refractivity contribution in [2.45, 2.75) is 65.0 Å². The number of hydrogen-bond donors (Lipinski definition) is 1. The van der Waals surface area contributed by atoms with Crippen molar-refractivity contribution in [1.29, 1.82) is 0 Å². The van der Waals surface area contributed by atoms with Crippen molar-refractivity contribution in [2.24, 2.45) is 0 Å². The summed E-state index contributed by atoms with van der Waals surface area (Å²) in [4.78, 5) is 50.4. The average Bonchev–Trinajstić information content (AvgIpc) is 3.56. The Balaban J connectivity index is 1.32. The number of likely N-dealkylation sites (tertiary alicyclic amines) is 1. The van der Waals surface area contributed by atoms with E-state index in [1.807, 2.05) is 52.0 Å². The van der Waals surface area contributed by atoms with Crippen LogP contribution in [0.25, 0.3) is 10.8 Å². The minimum absolute atomic E-state index is 0.110. The van der Waals surface area contributed by atoms with Crippen LogP contribution in [0.3, 0.4) is 0 Å². The van der Waals surface area contributed by atoms with E-state index in [2.05, 4.69) is 30.2 Å². The molecule has 46 heavy (non-hydrogen) atoms. The number of nitrogens with zero attached hydrogens (tertiary/aromatic N) is 7. The van der Waals surface area contributed by atoms with Gasteiger partial charge in [-0.25, -0.2) is 24.1 Å². The highest BCUT2D eigenvalue weighted by Gasteiger charge is 2.36. The summed E-state index contributed by atoms with van der Waals surface area (Å²) in [5, 5.41) is 4.75. The Hall–Kier alpha value is -4.87. The monoisotopic (exact) mass is 626 g/mol. The third-order valence-electron chi connectivity index (χ3n) is 8.24. The fourth-order valence-corrected chi connectivity index (χ4v) is 6.11. The number of anilines is 4. The second-order valence-electron chi connectivity index (χ2n) is 12.8. The summed E-state index contributed by atoms with van der Waals surface area (Å²) in [6, 6.07) is 11.6. The molecule has 2 aromatic carbocycles. The van der Waals surface area contributed by atoms with Crippen molar-refractivity contribution in [1.82, 2.24) is 24.8 Å². The number of carbonyl (C=O) groups is 2. The molecular formula is C34H39FN8O3. The van der Waals surface area contributed by atoms with Crippen molar-refractivity contribution in [3.05, 3.63) is 71.9 Å². The first-order valence-corrected chi connectivity index (χ1v) is 15.7. The molecule has 11 nitrogen and oxygen atoms in total. The number of ether oxygens (including phenoxy) is 1. The van der Waals surface area contributed by atoms with Gasteiger partial charge in [-0.2, -0.15) is 4.98 Å². The maximum Gasteiger partial charge on any atom is 0.410 e. The van der Waals surface area contributed by atoms with Crippen LogP contribution in [0.1, 0.15) is 62.4 Å². The topological polar surface area (TPSA) is 117 Å². The fourth-order valence-electron chi connectivity index (χ4n) is 6.11. The van der Waals surface area contributed by atoms with Crippen LogP contribution in [0.2, 0.25) is 0 Å². The molecule has 6 rings (SSSR count). The summed E-state index contributed by atoms with van der Waals surface area (Å²) < 4.78 is 21.5. The molecule has 1 N–H and O–H groups in total. The van der Waals surface area contributed by atoms with Gasteiger partial charge in [-0.05, 0) is 88.6 Å². The first-order chi connectivity index (χ1) is 22.1. The highest BCUT2D eigenvalue weighted by Crippen LogP contribution is 2.33. The summed E-state index contributed by atoms with van der Waals surface area (Å²) in [6.45, 7) is 9.91. The molecule has 0 radical (unpaired) electrons. The van der Waals surface area contributed by atoms with E-state index in [1.54, 1.807) is 22.1 Å². The lowest BCUT2D eigenvalue weighted by Crippen LogP contribution is -2.53. The summed E-state index contributed by atoms with van der Waals surface area (Å²) in [5.41, 5.74) is 0.556. The zero-order valence-electron chi connectivity index (χ0n) is 26.7. The molecule has 2 amide bonds. The van der Waals surface area contributed by atoms with Gasteiger partial charge in [0.2, 0.25) is 11.9 Å². The molecule has 0 bridgehead atoms. The molecule has 2 aromatic heterocycles. The van der Waals surface area contributed by atoms with Gasteiger partial charge >= 0.3 is 6.09 Å². The van der Waals surface area contributed by atoms with Crippen molar-refractivity contribution >= 4 is 46.2 Å². The van der Waals surface area contributed by atoms with Crippen molar-refractivity contribution in [3.63, 3.8) is 0 Å². The maximum absolute atomic E-state index is 15.9. The fraction of sp³-hybridized carbons (Fsp3) is 0.412. The molecule has 0 unspecified atom stereocenters. The van der Waals surface area contributed by atoms with Crippen LogP contribution in [-0.2, 0) is 4.74 Å². The smallest absolute Gasteiger partial charge is 0.410 e. The number of nitrogens with one attached hydrogen (secondary N) is 1. The molecule has 0 spiro atoms. The Bertz CT molecular complexity index is 1750. The number of rotatable bonds is 6. The van der Waals surface area contributed by atoms with Crippen LogP contribution < -0.4 is 15.1 Å². The third-order valence-corrected chi connectivity index (χ3v) is 8.24. The Morgan fingerprint density at radius 3 is 2.59 bits per heavy atom. The number of fused-ring (bicyclic) bond motifs is 1. The van der Waals surface area contributed by atoms with Crippen LogP contribution in [-0.4, -0.2) is 74.7 Å². The first kappa shape index (κ1) is 31.1. The van der Waals surface area contributed by atoms with Gasteiger partial charge in [0.1, 0.15) is 23.6 Å². The minimum Gasteiger partial charge on any atom is -0.444 e. The van der Waals surface area contributed by atoms with Gasteiger partial charge in [0.05, 0.1) is 11.6 Å². The van der Waals surface area contributed by atoms with Crippen molar-refractivity contribution in [3.8, 4) is 0 Å². The average molecular weight is 627 g/mol. The zero-order valence-corrected chi connectivity index (χ0v) is 26.7. The standard InChI is InChI=1S/C34H39FN8O3/c1-22-9-7-10-23-14-15-36-29(28(22)23)43(25-11-8-18-42(20-25)33(45)46-34(2,3)4)30(44)26-13-12-24(19-27(26)35)39-31-37-21-38-32(40-31)41-16-5-6-17-41/h7,9-10,12-15,19,21,25H,5-6,8,11,16-18,20H2,1-4H3,(H,37,38,39,40)/t25-/m1/s1. The third kappa shape index (κ3) is 6.70. The second kappa shape index (κ2) is 12.9. The molecule has 2 aliphatic heterocycles. The quantitative estimate of drug-likeness (QED) is 0.265. The van der Waals surface area contributed by atoms with E-state index in [9.17, 15) is 9.59 Å². The molecule has 12 heteroatoms. The van der Waals surface area contributed by atoms with Gasteiger partial charge in [-0.3, -0.25) is 9.69 Å². The van der Waals surface area contributed by atoms with Crippen LogP contribution >= 0.6 is 0 Å². The zero-order chi connectivity index (χ0) is 32.4. The summed E-state index contributed by atoms with van der Waals surface area (Å²) in [7, 11) is 0. The normalized spacial score (nSPS) is 16.8. The predicted molar refractivity (Wildman–Crippen MR) is 175 cm³/mol. The molecule has 0 saturated carbocycles. The lowest BCUT2D eigenvalue weighted by molar-refractivity contribution is 0.0196. The lowest BCUT2D eigenvalue weighted by atomic mass is 10.00. The molecule has 4 heterocycles. The maximum atomic E-state index is 15.9. The summed E-state index contributed by atoms with van der Waals surface area (Å²) in [6.07, 6.45) is 6.06. The van der Waals surface area contributed by atoms with Gasteiger partial charge in [0.25, 0.3) is 5.91 Å². The van der Waals surface area contributed by atoms with Gasteiger partial charge in [-0.15, -0.1) is 0 Å². The van der Waals surface area contributed by atoms with Crippen LogP contribution in [0.15, 0.2) is 55.0 Å². The highest BCUT2D eigenvalue weighted by molar-refractivity contribution is 6.11. The number of aromatic nitrogens is 4. The number of piperidine rings is 1. The Kier molecular flexibility index (Phi) is 8.70. The minimum atomic E-state index is -0.703. The number of halogens is 1. The molecular weight excluding hydrogens is 587 g/mol. The number of benzene rings is 2. The molecule has 2 saturated heterocycles. The summed E-state index contributed by atoms with van der Waals surface area (Å²) in [5.74, 6) is 0.0452. The molecule has 2 fully saturated rings. The molecule has 2 aliphatic rings. The molecule has 240 valence electrons. The van der Waals surface area contributed by atoms with Crippen LogP contribution in [0, 0.1) is 12.7 Å². The number of amides is 2. The Labute approximate surface area is 267 Å². The van der Waals surface area contributed by atoms with E-state index >= 15 is 4.39 Å². The number of pyridine rings is 1. The summed E-state index contributed by atoms with van der Waals surface area (Å²) >= 11 is 0. The largest absolute Gasteiger partial charge is 0.444 e. The van der Waals surface area contributed by atoms with E-state index in [0.29, 0.717) is 36.8 Å². The molecule has 0 aliphatic carbocycles. The van der Waals surface area contributed by atoms with E-state index in [-0.39, 0.29) is 18.1 Å². The first-order valence-electron chi connectivity index (χ1n) is 15.7. The van der Waals surface area contributed by atoms with E-state index in [4.69, 9.17) is 4.74 Å². The lowest BCUT2D eigenvalue weighted by Gasteiger charge is -2.39. The number of aryl methyl sites for hydroxylation is 1. The van der Waals surface area contributed by atoms with Gasteiger partial charge in [0, 0.05) is 43.4 Å². The van der Waals surface area contributed by atoms with Gasteiger partial charge in [0.15, 0.2) is 0 Å². The Morgan fingerprint density at radius 1 is 1.02 bits per heavy atom. The molecule has 4 aromatic rings. The van der Waals surface area contributed by atoms with Crippen LogP contribution in [0.4, 0.5) is 32.6 Å². The van der Waals surface area contributed by atoms with E-state index in [0.717, 1.165) is 42.3 Å². The Morgan fingerprint density at radius 2 is 1.83 bits per heavy atom. The van der Waals surface area contributed by atoms with Gasteiger partial charge < -0.3 is 19.9 Å². The highest BCUT2D eigenvalue weighted by atomic mass is 19.1. The number of carbonyl (C=O) groups excluding carboxylic acids is 2. The van der Waals surface area contributed by atoms with Crippen molar-refractivity contribution in [2.75, 3.05) is 41.3 Å². The van der Waals surface area contributed by atoms with Gasteiger partial charge in [-0.1, -0.05) is 18.2 Å². The second-order valence-corrected chi connectivity index (χ2v) is 12.8. The van der Waals surface area contributed by atoms with Crippen molar-refractivity contribution < 1.29 is 18.7 Å². The molecule has 1 atom stereocenters. The van der Waals surface area contributed by atoms with E-state index in [1.165, 1.54) is 18.5 Å².